The lowest BCUT2D eigenvalue weighted by Gasteiger charge is -2.26. The normalized spacial score (nSPS) is 16.6. The fourth-order valence-corrected chi connectivity index (χ4v) is 4.36. The second-order valence-electron chi connectivity index (χ2n) is 8.80. The highest BCUT2D eigenvalue weighted by Crippen LogP contribution is 2.41. The number of rotatable bonds is 8. The van der Waals surface area contributed by atoms with Crippen LogP contribution in [0.3, 0.4) is 0 Å². The largest absolute Gasteiger partial charge is 0.507 e. The predicted molar refractivity (Wildman–Crippen MR) is 139 cm³/mol. The summed E-state index contributed by atoms with van der Waals surface area (Å²) in [7, 11) is 3.80. The van der Waals surface area contributed by atoms with Crippen LogP contribution in [0.25, 0.3) is 5.76 Å². The Bertz CT molecular complexity index is 1380. The molecule has 4 rings (SSSR count). The van der Waals surface area contributed by atoms with Crippen molar-refractivity contribution in [2.75, 3.05) is 25.6 Å². The van der Waals surface area contributed by atoms with Crippen LogP contribution in [0.5, 0.6) is 5.75 Å². The number of benzene rings is 3. The van der Waals surface area contributed by atoms with E-state index in [9.17, 15) is 24.8 Å². The lowest BCUT2D eigenvalue weighted by molar-refractivity contribution is -0.384. The highest BCUT2D eigenvalue weighted by atomic mass is 16.6. The molecular weight excluding hydrogens is 474 g/mol. The van der Waals surface area contributed by atoms with Gasteiger partial charge in [0.25, 0.3) is 17.4 Å². The van der Waals surface area contributed by atoms with Gasteiger partial charge in [0, 0.05) is 44.0 Å². The van der Waals surface area contributed by atoms with Gasteiger partial charge in [-0.3, -0.25) is 19.7 Å². The number of aliphatic hydroxyl groups is 1. The molecule has 0 bridgehead atoms. The number of nitro groups is 1. The van der Waals surface area contributed by atoms with Crippen LogP contribution in [0.4, 0.5) is 11.4 Å². The minimum absolute atomic E-state index is 0.0838. The molecule has 1 heterocycles. The molecule has 9 heteroatoms. The average molecular weight is 502 g/mol. The van der Waals surface area contributed by atoms with E-state index < -0.39 is 28.4 Å². The number of carbonyl (C=O) groups is 2. The van der Waals surface area contributed by atoms with Gasteiger partial charge in [-0.05, 0) is 42.3 Å². The Labute approximate surface area is 214 Å². The van der Waals surface area contributed by atoms with Crippen molar-refractivity contribution in [3.8, 4) is 5.75 Å². The van der Waals surface area contributed by atoms with Gasteiger partial charge in [0.15, 0.2) is 0 Å². The van der Waals surface area contributed by atoms with Gasteiger partial charge in [0.2, 0.25) is 0 Å². The number of aliphatic hydroxyl groups excluding tert-OH is 1. The van der Waals surface area contributed by atoms with Crippen LogP contribution in [0.2, 0.25) is 0 Å². The number of Topliss-reactive ketones (excluding diaryl/α,β-unsaturated/α-hetero) is 1. The second-order valence-corrected chi connectivity index (χ2v) is 8.80. The fourth-order valence-electron chi connectivity index (χ4n) is 4.36. The van der Waals surface area contributed by atoms with Crippen LogP contribution in [-0.4, -0.2) is 47.3 Å². The Balaban J connectivity index is 1.84. The van der Waals surface area contributed by atoms with E-state index in [-0.39, 0.29) is 23.4 Å². The number of nitrogens with zero attached hydrogens (tertiary/aromatic N) is 3. The van der Waals surface area contributed by atoms with Crippen LogP contribution < -0.4 is 9.64 Å². The minimum atomic E-state index is -0.897. The van der Waals surface area contributed by atoms with Gasteiger partial charge in [0.1, 0.15) is 11.5 Å². The Morgan fingerprint density at radius 2 is 1.76 bits per heavy atom. The van der Waals surface area contributed by atoms with Crippen LogP contribution in [0, 0.1) is 10.1 Å². The molecule has 3 aromatic carbocycles. The smallest absolute Gasteiger partial charge is 0.295 e. The molecule has 1 aliphatic rings. The fraction of sp³-hybridized carbons (Fsp3) is 0.214. The van der Waals surface area contributed by atoms with Crippen LogP contribution in [0.15, 0.2) is 78.4 Å². The zero-order valence-corrected chi connectivity index (χ0v) is 20.7. The molecule has 190 valence electrons. The Kier molecular flexibility index (Phi) is 7.24. The van der Waals surface area contributed by atoms with Gasteiger partial charge < -0.3 is 19.6 Å². The summed E-state index contributed by atoms with van der Waals surface area (Å²) in [6, 6.07) is 19.0. The number of nitro benzene ring substituents is 1. The van der Waals surface area contributed by atoms with Crippen molar-refractivity contribution in [3.05, 3.63) is 105 Å². The van der Waals surface area contributed by atoms with Crippen molar-refractivity contribution in [2.45, 2.75) is 19.5 Å². The SMILES string of the molecule is CCOc1cccc(CN2C(=O)C(=O)/C(=C(\O)c3cccc([N+](=O)[O-])c3)C2c2ccc(N(C)C)cc2)c1. The molecule has 9 nitrogen and oxygen atoms in total. The number of likely N-dealkylation sites (tertiary alicyclic amines) is 1. The number of ether oxygens (including phenoxy) is 1. The van der Waals surface area contributed by atoms with E-state index in [1.807, 2.05) is 44.1 Å². The molecule has 1 unspecified atom stereocenters. The van der Waals surface area contributed by atoms with E-state index in [2.05, 4.69) is 0 Å². The highest BCUT2D eigenvalue weighted by molar-refractivity contribution is 6.46. The monoisotopic (exact) mass is 501 g/mol. The van der Waals surface area contributed by atoms with E-state index in [1.165, 1.54) is 29.2 Å². The number of anilines is 1. The topological polar surface area (TPSA) is 113 Å². The van der Waals surface area contributed by atoms with Gasteiger partial charge in [-0.2, -0.15) is 0 Å². The molecule has 1 amide bonds. The zero-order chi connectivity index (χ0) is 26.7. The van der Waals surface area contributed by atoms with E-state index in [0.29, 0.717) is 17.9 Å². The maximum Gasteiger partial charge on any atom is 0.295 e. The summed E-state index contributed by atoms with van der Waals surface area (Å²) in [5.74, 6) is -1.45. The second kappa shape index (κ2) is 10.5. The van der Waals surface area contributed by atoms with Crippen LogP contribution >= 0.6 is 0 Å². The molecule has 1 atom stereocenters. The maximum absolute atomic E-state index is 13.3. The molecular formula is C28H27N3O6. The van der Waals surface area contributed by atoms with Crippen molar-refractivity contribution in [2.24, 2.45) is 0 Å². The number of carbonyl (C=O) groups excluding carboxylic acids is 2. The van der Waals surface area contributed by atoms with E-state index >= 15 is 0 Å². The number of amides is 1. The average Bonchev–Trinajstić information content (AvgIpc) is 3.13. The first-order valence-electron chi connectivity index (χ1n) is 11.7. The van der Waals surface area contributed by atoms with Crippen molar-refractivity contribution in [1.82, 2.24) is 4.90 Å². The molecule has 1 fully saturated rings. The highest BCUT2D eigenvalue weighted by Gasteiger charge is 2.46. The lowest BCUT2D eigenvalue weighted by atomic mass is 9.94. The molecule has 0 aromatic heterocycles. The van der Waals surface area contributed by atoms with Gasteiger partial charge >= 0.3 is 0 Å². The summed E-state index contributed by atoms with van der Waals surface area (Å²) in [5.41, 5.74) is 2.02. The third-order valence-electron chi connectivity index (χ3n) is 6.16. The summed E-state index contributed by atoms with van der Waals surface area (Å²) in [6.45, 7) is 2.45. The summed E-state index contributed by atoms with van der Waals surface area (Å²) in [6.07, 6.45) is 0. The Morgan fingerprint density at radius 3 is 2.41 bits per heavy atom. The molecule has 3 aromatic rings. The predicted octanol–water partition coefficient (Wildman–Crippen LogP) is 4.68. The molecule has 0 radical (unpaired) electrons. The zero-order valence-electron chi connectivity index (χ0n) is 20.7. The van der Waals surface area contributed by atoms with Crippen molar-refractivity contribution < 1.29 is 24.4 Å². The summed E-state index contributed by atoms with van der Waals surface area (Å²) in [4.78, 5) is 40.6. The third-order valence-corrected chi connectivity index (χ3v) is 6.16. The number of ketones is 1. The molecule has 1 aliphatic heterocycles. The van der Waals surface area contributed by atoms with Gasteiger partial charge in [-0.1, -0.05) is 36.4 Å². The Hall–Kier alpha value is -4.66. The van der Waals surface area contributed by atoms with E-state index in [1.54, 1.807) is 30.3 Å². The summed E-state index contributed by atoms with van der Waals surface area (Å²) < 4.78 is 5.57. The molecule has 37 heavy (non-hydrogen) atoms. The summed E-state index contributed by atoms with van der Waals surface area (Å²) in [5, 5.41) is 22.5. The van der Waals surface area contributed by atoms with Crippen molar-refractivity contribution in [1.29, 1.82) is 0 Å². The van der Waals surface area contributed by atoms with Crippen LogP contribution in [0.1, 0.15) is 29.7 Å². The maximum atomic E-state index is 13.3. The van der Waals surface area contributed by atoms with E-state index in [0.717, 1.165) is 11.3 Å². The number of hydrogen-bond acceptors (Lipinski definition) is 7. The molecule has 1 saturated heterocycles. The molecule has 0 saturated carbocycles. The summed E-state index contributed by atoms with van der Waals surface area (Å²) >= 11 is 0. The van der Waals surface area contributed by atoms with Gasteiger partial charge in [-0.25, -0.2) is 0 Å². The lowest BCUT2D eigenvalue weighted by Crippen LogP contribution is -2.29. The van der Waals surface area contributed by atoms with Crippen molar-refractivity contribution in [3.63, 3.8) is 0 Å². The van der Waals surface area contributed by atoms with Gasteiger partial charge in [0.05, 0.1) is 23.1 Å². The minimum Gasteiger partial charge on any atom is -0.507 e. The Morgan fingerprint density at radius 1 is 1.05 bits per heavy atom. The first-order chi connectivity index (χ1) is 17.7. The molecule has 1 N–H and O–H groups in total. The first-order valence-corrected chi connectivity index (χ1v) is 11.7. The van der Waals surface area contributed by atoms with E-state index in [4.69, 9.17) is 4.74 Å². The number of hydrogen-bond donors (Lipinski definition) is 1. The molecule has 0 spiro atoms. The number of non-ortho nitro benzene ring substituents is 1. The van der Waals surface area contributed by atoms with Crippen molar-refractivity contribution >= 4 is 28.8 Å². The molecule has 0 aliphatic carbocycles. The third kappa shape index (κ3) is 5.16. The standard InChI is InChI=1S/C28H27N3O6/c1-4-37-23-10-5-7-18(15-23)17-30-25(19-11-13-21(14-12-19)29(2)3)24(27(33)28(30)34)26(32)20-8-6-9-22(16-20)31(35)36/h5-16,25,32H,4,17H2,1-3H3/b26-24-. The van der Waals surface area contributed by atoms with Crippen LogP contribution in [-0.2, 0) is 16.1 Å². The van der Waals surface area contributed by atoms with Gasteiger partial charge in [-0.15, -0.1) is 0 Å². The quantitative estimate of drug-likeness (QED) is 0.157. The first kappa shape index (κ1) is 25.4.